The fourth-order valence-electron chi connectivity index (χ4n) is 3.58. The average molecular weight is 336 g/mol. The van der Waals surface area contributed by atoms with Crippen molar-refractivity contribution in [1.29, 1.82) is 0 Å². The number of furan rings is 1. The molecule has 6 heteroatoms. The summed E-state index contributed by atoms with van der Waals surface area (Å²) in [6.07, 6.45) is 1.83. The maximum absolute atomic E-state index is 13.1. The first-order valence-electron chi connectivity index (χ1n) is 8.43. The molecule has 0 saturated carbocycles. The molecule has 0 spiro atoms. The van der Waals surface area contributed by atoms with Gasteiger partial charge in [0.1, 0.15) is 23.0 Å². The molecule has 25 heavy (non-hydrogen) atoms. The van der Waals surface area contributed by atoms with Crippen LogP contribution in [0, 0.1) is 13.8 Å². The van der Waals surface area contributed by atoms with Crippen molar-refractivity contribution in [1.82, 2.24) is 14.9 Å². The molecule has 1 fully saturated rings. The van der Waals surface area contributed by atoms with Gasteiger partial charge in [-0.1, -0.05) is 0 Å². The van der Waals surface area contributed by atoms with E-state index in [1.807, 2.05) is 43.0 Å². The van der Waals surface area contributed by atoms with E-state index >= 15 is 0 Å². The van der Waals surface area contributed by atoms with Crippen LogP contribution in [-0.4, -0.2) is 27.3 Å². The van der Waals surface area contributed by atoms with E-state index in [0.717, 1.165) is 41.8 Å². The topological polar surface area (TPSA) is 85.2 Å². The van der Waals surface area contributed by atoms with Gasteiger partial charge in [-0.2, -0.15) is 0 Å². The molecule has 0 aliphatic carbocycles. The first-order valence-corrected chi connectivity index (χ1v) is 8.43. The summed E-state index contributed by atoms with van der Waals surface area (Å²) in [6, 6.07) is 9.23. The van der Waals surface area contributed by atoms with E-state index in [4.69, 9.17) is 10.2 Å². The zero-order valence-electron chi connectivity index (χ0n) is 14.3. The molecular weight excluding hydrogens is 316 g/mol. The van der Waals surface area contributed by atoms with Gasteiger partial charge >= 0.3 is 0 Å². The van der Waals surface area contributed by atoms with Gasteiger partial charge in [0.2, 0.25) is 0 Å². The molecule has 3 aromatic rings. The quantitative estimate of drug-likeness (QED) is 0.775. The normalized spacial score (nSPS) is 17.4. The Bertz CT molecular complexity index is 943. The Morgan fingerprint density at radius 3 is 2.88 bits per heavy atom. The molecule has 2 N–H and O–H groups in total. The molecule has 128 valence electrons. The minimum absolute atomic E-state index is 0.0121. The number of amides is 1. The summed E-state index contributed by atoms with van der Waals surface area (Å²) in [7, 11) is 0. The molecule has 1 aromatic carbocycles. The van der Waals surface area contributed by atoms with Crippen molar-refractivity contribution in [3.05, 3.63) is 53.2 Å². The van der Waals surface area contributed by atoms with Crippen LogP contribution in [-0.2, 0) is 0 Å². The number of carbonyl (C=O) groups excluding carboxylic acids is 1. The molecule has 1 saturated heterocycles. The van der Waals surface area contributed by atoms with E-state index in [9.17, 15) is 4.79 Å². The van der Waals surface area contributed by atoms with Gasteiger partial charge in [0.05, 0.1) is 11.7 Å². The Balaban J connectivity index is 1.67. The van der Waals surface area contributed by atoms with Crippen LogP contribution >= 0.6 is 0 Å². The van der Waals surface area contributed by atoms with Crippen molar-refractivity contribution in [2.24, 2.45) is 0 Å². The van der Waals surface area contributed by atoms with Crippen molar-refractivity contribution < 1.29 is 9.21 Å². The number of benzene rings is 1. The third-order valence-corrected chi connectivity index (χ3v) is 4.62. The highest BCUT2D eigenvalue weighted by Crippen LogP contribution is 2.33. The Morgan fingerprint density at radius 1 is 1.24 bits per heavy atom. The number of fused-ring (bicyclic) bond motifs is 1. The number of carbonyl (C=O) groups is 1. The number of likely N-dealkylation sites (tertiary alicyclic amines) is 1. The second kappa shape index (κ2) is 5.88. The molecule has 0 radical (unpaired) electrons. The maximum atomic E-state index is 13.1. The molecule has 4 rings (SSSR count). The van der Waals surface area contributed by atoms with Crippen molar-refractivity contribution in [3.63, 3.8) is 0 Å². The highest BCUT2D eigenvalue weighted by molar-refractivity contribution is 5.98. The molecule has 0 bridgehead atoms. The standard InChI is InChI=1S/C19H20N4O2/c1-11-8-14-9-13(5-6-17(14)25-11)19(24)23-7-3-4-16(23)15-10-18(20)22-12(2)21-15/h5-6,8-10,16H,3-4,7H2,1-2H3,(H2,20,21,22)/t16-/m1/s1. The number of nitrogens with zero attached hydrogens (tertiary/aromatic N) is 3. The van der Waals surface area contributed by atoms with Crippen molar-refractivity contribution in [2.45, 2.75) is 32.7 Å². The summed E-state index contributed by atoms with van der Waals surface area (Å²) in [5, 5.41) is 0.946. The number of anilines is 1. The SMILES string of the molecule is Cc1nc(N)cc([C@H]2CCCN2C(=O)c2ccc3oc(C)cc3c2)n1. The number of aromatic nitrogens is 2. The van der Waals surface area contributed by atoms with Gasteiger partial charge in [-0.15, -0.1) is 0 Å². The highest BCUT2D eigenvalue weighted by Gasteiger charge is 2.32. The Labute approximate surface area is 145 Å². The predicted octanol–water partition coefficient (Wildman–Crippen LogP) is 3.40. The molecule has 1 amide bonds. The second-order valence-electron chi connectivity index (χ2n) is 6.53. The van der Waals surface area contributed by atoms with Crippen LogP contribution in [0.3, 0.4) is 0 Å². The van der Waals surface area contributed by atoms with E-state index in [1.54, 1.807) is 6.07 Å². The minimum Gasteiger partial charge on any atom is -0.461 e. The lowest BCUT2D eigenvalue weighted by atomic mass is 10.1. The fourth-order valence-corrected chi connectivity index (χ4v) is 3.58. The smallest absolute Gasteiger partial charge is 0.254 e. The number of hydrogen-bond acceptors (Lipinski definition) is 5. The molecule has 1 atom stereocenters. The van der Waals surface area contributed by atoms with E-state index in [-0.39, 0.29) is 11.9 Å². The van der Waals surface area contributed by atoms with Crippen LogP contribution in [0.2, 0.25) is 0 Å². The van der Waals surface area contributed by atoms with Gasteiger partial charge in [0.25, 0.3) is 5.91 Å². The number of hydrogen-bond donors (Lipinski definition) is 1. The highest BCUT2D eigenvalue weighted by atomic mass is 16.3. The Kier molecular flexibility index (Phi) is 3.67. The van der Waals surface area contributed by atoms with Gasteiger partial charge in [-0.25, -0.2) is 9.97 Å². The van der Waals surface area contributed by atoms with E-state index in [0.29, 0.717) is 17.2 Å². The van der Waals surface area contributed by atoms with Crippen molar-refractivity contribution >= 4 is 22.7 Å². The van der Waals surface area contributed by atoms with Crippen molar-refractivity contribution in [2.75, 3.05) is 12.3 Å². The summed E-state index contributed by atoms with van der Waals surface area (Å²) in [4.78, 5) is 23.6. The van der Waals surface area contributed by atoms with Gasteiger partial charge in [0, 0.05) is 23.6 Å². The summed E-state index contributed by atoms with van der Waals surface area (Å²) < 4.78 is 5.59. The maximum Gasteiger partial charge on any atom is 0.254 e. The number of nitrogen functional groups attached to an aromatic ring is 1. The zero-order valence-corrected chi connectivity index (χ0v) is 14.3. The minimum atomic E-state index is -0.0571. The van der Waals surface area contributed by atoms with Crippen LogP contribution in [0.4, 0.5) is 5.82 Å². The summed E-state index contributed by atoms with van der Waals surface area (Å²) in [5.41, 5.74) is 8.14. The molecule has 2 aromatic heterocycles. The Morgan fingerprint density at radius 2 is 2.08 bits per heavy atom. The monoisotopic (exact) mass is 336 g/mol. The zero-order chi connectivity index (χ0) is 17.6. The Hall–Kier alpha value is -2.89. The fraction of sp³-hybridized carbons (Fsp3) is 0.316. The third kappa shape index (κ3) is 2.84. The van der Waals surface area contributed by atoms with E-state index < -0.39 is 0 Å². The number of nitrogens with two attached hydrogens (primary N) is 1. The lowest BCUT2D eigenvalue weighted by Gasteiger charge is -2.24. The lowest BCUT2D eigenvalue weighted by molar-refractivity contribution is 0.0733. The van der Waals surface area contributed by atoms with E-state index in [2.05, 4.69) is 9.97 Å². The van der Waals surface area contributed by atoms with Crippen LogP contribution in [0.15, 0.2) is 34.7 Å². The van der Waals surface area contributed by atoms with Gasteiger partial charge in [0.15, 0.2) is 0 Å². The number of rotatable bonds is 2. The summed E-state index contributed by atoms with van der Waals surface area (Å²) in [6.45, 7) is 4.44. The number of aryl methyl sites for hydroxylation is 2. The molecule has 6 nitrogen and oxygen atoms in total. The summed E-state index contributed by atoms with van der Waals surface area (Å²) >= 11 is 0. The van der Waals surface area contributed by atoms with Crippen molar-refractivity contribution in [3.8, 4) is 0 Å². The predicted molar refractivity (Wildman–Crippen MR) is 95.1 cm³/mol. The van der Waals surface area contributed by atoms with Gasteiger partial charge in [-0.3, -0.25) is 4.79 Å². The molecule has 1 aliphatic heterocycles. The second-order valence-corrected chi connectivity index (χ2v) is 6.53. The van der Waals surface area contributed by atoms with Crippen LogP contribution in [0.1, 0.15) is 46.5 Å². The molecule has 3 heterocycles. The molecule has 0 unspecified atom stereocenters. The average Bonchev–Trinajstić information content (AvgIpc) is 3.17. The first-order chi connectivity index (χ1) is 12.0. The van der Waals surface area contributed by atoms with Gasteiger partial charge < -0.3 is 15.1 Å². The van der Waals surface area contributed by atoms with Crippen LogP contribution in [0.25, 0.3) is 11.0 Å². The van der Waals surface area contributed by atoms with Crippen LogP contribution < -0.4 is 5.73 Å². The van der Waals surface area contributed by atoms with E-state index in [1.165, 1.54) is 0 Å². The molecule has 1 aliphatic rings. The first kappa shape index (κ1) is 15.6. The van der Waals surface area contributed by atoms with Crippen LogP contribution in [0.5, 0.6) is 0 Å². The summed E-state index contributed by atoms with van der Waals surface area (Å²) in [5.74, 6) is 1.92. The molecular formula is C19H20N4O2. The third-order valence-electron chi connectivity index (χ3n) is 4.62. The van der Waals surface area contributed by atoms with Gasteiger partial charge in [-0.05, 0) is 51.0 Å². The lowest BCUT2D eigenvalue weighted by Crippen LogP contribution is -2.31. The largest absolute Gasteiger partial charge is 0.461 e.